The molecule has 1 aromatic carbocycles. The van der Waals surface area contributed by atoms with Gasteiger partial charge in [0.05, 0.1) is 12.8 Å². The fourth-order valence-corrected chi connectivity index (χ4v) is 1.41. The van der Waals surface area contributed by atoms with Crippen LogP contribution in [0.2, 0.25) is 5.02 Å². The first-order valence-electron chi connectivity index (χ1n) is 5.05. The van der Waals surface area contributed by atoms with Gasteiger partial charge in [-0.1, -0.05) is 11.6 Å². The van der Waals surface area contributed by atoms with Crippen LogP contribution in [0.1, 0.15) is 5.56 Å². The van der Waals surface area contributed by atoms with Gasteiger partial charge in [-0.3, -0.25) is 4.79 Å². The zero-order chi connectivity index (χ0) is 13.7. The highest BCUT2D eigenvalue weighted by Crippen LogP contribution is 2.30. The number of benzene rings is 1. The zero-order valence-corrected chi connectivity index (χ0v) is 10.7. The number of hydrogen-bond donors (Lipinski definition) is 3. The molecule has 0 atom stereocenters. The minimum Gasteiger partial charge on any atom is -0.495 e. The Morgan fingerprint density at radius 3 is 2.67 bits per heavy atom. The summed E-state index contributed by atoms with van der Waals surface area (Å²) in [6, 6.07) is 2.59. The molecule has 0 aliphatic carbocycles. The van der Waals surface area contributed by atoms with Gasteiger partial charge in [-0.15, -0.1) is 0 Å². The molecule has 0 saturated carbocycles. The number of carbonyl (C=O) groups is 2. The Balaban J connectivity index is 2.80. The van der Waals surface area contributed by atoms with Gasteiger partial charge in [0.25, 0.3) is 0 Å². The molecule has 1 aromatic rings. The molecule has 0 aliphatic heterocycles. The average Bonchev–Trinajstić information content (AvgIpc) is 2.31. The molecule has 7 heteroatoms. The van der Waals surface area contributed by atoms with Crippen molar-refractivity contribution in [3.63, 3.8) is 0 Å². The van der Waals surface area contributed by atoms with Crippen LogP contribution in [-0.2, 0) is 4.79 Å². The van der Waals surface area contributed by atoms with Gasteiger partial charge in [0.1, 0.15) is 12.3 Å². The van der Waals surface area contributed by atoms with Gasteiger partial charge in [0.15, 0.2) is 0 Å². The Bertz CT molecular complexity index is 476. The van der Waals surface area contributed by atoms with E-state index in [-0.39, 0.29) is 0 Å². The second kappa shape index (κ2) is 6.11. The summed E-state index contributed by atoms with van der Waals surface area (Å²) in [5, 5.41) is 13.6. The van der Waals surface area contributed by atoms with Crippen molar-refractivity contribution in [3.05, 3.63) is 22.7 Å². The van der Waals surface area contributed by atoms with E-state index in [1.165, 1.54) is 7.11 Å². The smallest absolute Gasteiger partial charge is 0.323 e. The first-order valence-corrected chi connectivity index (χ1v) is 5.42. The second-order valence-electron chi connectivity index (χ2n) is 3.50. The Morgan fingerprint density at radius 1 is 1.44 bits per heavy atom. The van der Waals surface area contributed by atoms with E-state index in [2.05, 4.69) is 10.6 Å². The molecule has 2 amide bonds. The van der Waals surface area contributed by atoms with Gasteiger partial charge in [-0.25, -0.2) is 4.79 Å². The maximum atomic E-state index is 11.4. The van der Waals surface area contributed by atoms with Crippen LogP contribution in [0.5, 0.6) is 5.75 Å². The van der Waals surface area contributed by atoms with Crippen LogP contribution >= 0.6 is 11.6 Å². The van der Waals surface area contributed by atoms with E-state index in [9.17, 15) is 9.59 Å². The largest absolute Gasteiger partial charge is 0.495 e. The number of amides is 2. The summed E-state index contributed by atoms with van der Waals surface area (Å²) < 4.78 is 5.06. The minimum atomic E-state index is -1.12. The van der Waals surface area contributed by atoms with Crippen LogP contribution in [-0.4, -0.2) is 30.8 Å². The van der Waals surface area contributed by atoms with Gasteiger partial charge in [0, 0.05) is 11.1 Å². The summed E-state index contributed by atoms with van der Waals surface area (Å²) in [5.74, 6) is -0.722. The normalized spacial score (nSPS) is 9.72. The summed E-state index contributed by atoms with van der Waals surface area (Å²) >= 11 is 5.92. The van der Waals surface area contributed by atoms with E-state index in [1.54, 1.807) is 19.1 Å². The Kier molecular flexibility index (Phi) is 4.79. The molecule has 0 fully saturated rings. The molecular weight excluding hydrogens is 260 g/mol. The van der Waals surface area contributed by atoms with Crippen LogP contribution in [0.25, 0.3) is 0 Å². The third kappa shape index (κ3) is 3.81. The third-order valence-electron chi connectivity index (χ3n) is 2.13. The van der Waals surface area contributed by atoms with Crippen molar-refractivity contribution < 1.29 is 19.4 Å². The summed E-state index contributed by atoms with van der Waals surface area (Å²) in [7, 11) is 1.45. The van der Waals surface area contributed by atoms with Crippen molar-refractivity contribution in [2.75, 3.05) is 19.0 Å². The number of carboxylic acids is 1. The molecule has 0 bridgehead atoms. The quantitative estimate of drug-likeness (QED) is 0.781. The van der Waals surface area contributed by atoms with Crippen LogP contribution < -0.4 is 15.4 Å². The SMILES string of the molecule is COc1cc(Cl)c(C)cc1NC(=O)NCC(=O)O. The molecule has 0 heterocycles. The van der Waals surface area contributed by atoms with Gasteiger partial charge in [-0.05, 0) is 18.6 Å². The summed E-state index contributed by atoms with van der Waals surface area (Å²) in [6.07, 6.45) is 0. The molecule has 0 radical (unpaired) electrons. The summed E-state index contributed by atoms with van der Waals surface area (Å²) in [4.78, 5) is 21.7. The zero-order valence-electron chi connectivity index (χ0n) is 9.91. The number of carboxylic acid groups (broad SMARTS) is 1. The van der Waals surface area contributed by atoms with Gasteiger partial charge < -0.3 is 20.5 Å². The number of aryl methyl sites for hydroxylation is 1. The third-order valence-corrected chi connectivity index (χ3v) is 2.54. The molecule has 0 aliphatic rings. The summed E-state index contributed by atoms with van der Waals surface area (Å²) in [6.45, 7) is 1.32. The van der Waals surface area contributed by atoms with Gasteiger partial charge in [0.2, 0.25) is 0 Å². The van der Waals surface area contributed by atoms with Crippen molar-refractivity contribution in [1.29, 1.82) is 0 Å². The number of ether oxygens (including phenoxy) is 1. The average molecular weight is 273 g/mol. The number of urea groups is 1. The molecule has 1 rings (SSSR count). The number of hydrogen-bond acceptors (Lipinski definition) is 3. The van der Waals surface area contributed by atoms with Crippen molar-refractivity contribution in [2.45, 2.75) is 6.92 Å². The van der Waals surface area contributed by atoms with E-state index in [4.69, 9.17) is 21.4 Å². The van der Waals surface area contributed by atoms with E-state index in [0.717, 1.165) is 5.56 Å². The molecule has 3 N–H and O–H groups in total. The lowest BCUT2D eigenvalue weighted by Gasteiger charge is -2.12. The maximum Gasteiger partial charge on any atom is 0.323 e. The van der Waals surface area contributed by atoms with Crippen molar-refractivity contribution >= 4 is 29.3 Å². The molecule has 6 nitrogen and oxygen atoms in total. The van der Waals surface area contributed by atoms with E-state index < -0.39 is 18.5 Å². The number of methoxy groups -OCH3 is 1. The minimum absolute atomic E-state index is 0.399. The number of anilines is 1. The molecule has 0 aromatic heterocycles. The first kappa shape index (κ1) is 14.1. The van der Waals surface area contributed by atoms with E-state index in [1.807, 2.05) is 0 Å². The van der Waals surface area contributed by atoms with Crippen molar-refractivity contribution in [3.8, 4) is 5.75 Å². The highest BCUT2D eigenvalue weighted by molar-refractivity contribution is 6.31. The van der Waals surface area contributed by atoms with Gasteiger partial charge in [-0.2, -0.15) is 0 Å². The molecule has 0 unspecified atom stereocenters. The predicted octanol–water partition coefficient (Wildman–Crippen LogP) is 1.86. The fraction of sp³-hybridized carbons (Fsp3) is 0.273. The highest BCUT2D eigenvalue weighted by atomic mass is 35.5. The molecule has 0 spiro atoms. The van der Waals surface area contributed by atoms with Crippen LogP contribution in [0, 0.1) is 6.92 Å². The van der Waals surface area contributed by atoms with Crippen LogP contribution in [0.15, 0.2) is 12.1 Å². The lowest BCUT2D eigenvalue weighted by molar-refractivity contribution is -0.135. The molecule has 98 valence electrons. The standard InChI is InChI=1S/C11H13ClN2O4/c1-6-3-8(9(18-2)4-7(6)12)14-11(17)13-5-10(15)16/h3-4H,5H2,1-2H3,(H,15,16)(H2,13,14,17). The second-order valence-corrected chi connectivity index (χ2v) is 3.91. The number of rotatable bonds is 4. The molecule has 0 saturated heterocycles. The lowest BCUT2D eigenvalue weighted by atomic mass is 10.2. The Labute approximate surface area is 109 Å². The van der Waals surface area contributed by atoms with Crippen molar-refractivity contribution in [2.24, 2.45) is 0 Å². The number of nitrogens with one attached hydrogen (secondary N) is 2. The topological polar surface area (TPSA) is 87.7 Å². The number of carbonyl (C=O) groups excluding carboxylic acids is 1. The Morgan fingerprint density at radius 2 is 2.11 bits per heavy atom. The highest BCUT2D eigenvalue weighted by Gasteiger charge is 2.10. The number of halogens is 1. The number of aliphatic carboxylic acids is 1. The first-order chi connectivity index (χ1) is 8.43. The van der Waals surface area contributed by atoms with E-state index >= 15 is 0 Å². The van der Waals surface area contributed by atoms with Gasteiger partial charge >= 0.3 is 12.0 Å². The monoisotopic (exact) mass is 272 g/mol. The van der Waals surface area contributed by atoms with Crippen LogP contribution in [0.4, 0.5) is 10.5 Å². The van der Waals surface area contributed by atoms with E-state index in [0.29, 0.717) is 16.5 Å². The molecule has 18 heavy (non-hydrogen) atoms. The fourth-order valence-electron chi connectivity index (χ4n) is 1.25. The lowest BCUT2D eigenvalue weighted by Crippen LogP contribution is -2.33. The van der Waals surface area contributed by atoms with Crippen molar-refractivity contribution in [1.82, 2.24) is 5.32 Å². The Hall–Kier alpha value is -1.95. The summed E-state index contributed by atoms with van der Waals surface area (Å²) in [5.41, 5.74) is 1.19. The predicted molar refractivity (Wildman–Crippen MR) is 67.4 cm³/mol. The molecular formula is C11H13ClN2O4. The van der Waals surface area contributed by atoms with Crippen LogP contribution in [0.3, 0.4) is 0 Å². The maximum absolute atomic E-state index is 11.4.